The van der Waals surface area contributed by atoms with Gasteiger partial charge in [0.15, 0.2) is 0 Å². The predicted molar refractivity (Wildman–Crippen MR) is 28.0 cm³/mol. The third kappa shape index (κ3) is 2.86. The molecule has 42 valence electrons. The number of rotatable bonds is 0. The van der Waals surface area contributed by atoms with Crippen LogP contribution < -0.4 is 18.9 Å². The van der Waals surface area contributed by atoms with Gasteiger partial charge in [0, 0.05) is 5.15 Å². The molecule has 1 rings (SSSR count). The van der Waals surface area contributed by atoms with Gasteiger partial charge in [-0.2, -0.15) is 6.07 Å². The summed E-state index contributed by atoms with van der Waals surface area (Å²) in [5.41, 5.74) is 0. The fourth-order valence-electron chi connectivity index (χ4n) is 0.339. The van der Waals surface area contributed by atoms with E-state index in [1.807, 2.05) is 0 Å². The second-order valence-corrected chi connectivity index (χ2v) is 1.60. The normalized spacial score (nSPS) is 8.22. The molecule has 0 aliphatic heterocycles. The molecule has 0 radical (unpaired) electrons. The molecular weight excluding hydrogens is 135 g/mol. The Morgan fingerprint density at radius 3 is 2.67 bits per heavy atom. The summed E-state index contributed by atoms with van der Waals surface area (Å²) in [6, 6.07) is 3.31. The van der Waals surface area contributed by atoms with E-state index in [4.69, 9.17) is 11.6 Å². The van der Waals surface area contributed by atoms with Crippen LogP contribution >= 0.6 is 11.6 Å². The first-order valence-electron chi connectivity index (χ1n) is 1.98. The minimum absolute atomic E-state index is 0. The topological polar surface area (TPSA) is 12.9 Å². The van der Waals surface area contributed by atoms with Gasteiger partial charge >= 0.3 is 18.9 Å². The summed E-state index contributed by atoms with van der Waals surface area (Å²) < 4.78 is 12.0. The number of aromatic nitrogens is 1. The third-order valence-corrected chi connectivity index (χ3v) is 0.843. The van der Waals surface area contributed by atoms with Crippen LogP contribution in [0.3, 0.4) is 0 Å². The van der Waals surface area contributed by atoms with Crippen molar-refractivity contribution in [3.05, 3.63) is 29.3 Å². The minimum atomic E-state index is -0.481. The molecule has 9 heavy (non-hydrogen) atoms. The Kier molecular flexibility index (Phi) is 3.88. The van der Waals surface area contributed by atoms with Gasteiger partial charge in [0.05, 0.1) is 0 Å². The summed E-state index contributed by atoms with van der Waals surface area (Å²) in [6.45, 7) is 0. The number of pyridine rings is 1. The predicted octanol–water partition coefficient (Wildman–Crippen LogP) is -1.32. The number of nitrogens with zero attached hydrogens (tertiary/aromatic N) is 1. The van der Waals surface area contributed by atoms with Gasteiger partial charge in [0.1, 0.15) is 0 Å². The van der Waals surface area contributed by atoms with Crippen LogP contribution in [0.15, 0.2) is 12.3 Å². The van der Waals surface area contributed by atoms with Gasteiger partial charge in [-0.1, -0.05) is 17.8 Å². The SMILES string of the molecule is Fc1[c-]cnc(Cl)c1.[Li+]. The van der Waals surface area contributed by atoms with E-state index in [0.717, 1.165) is 6.07 Å². The van der Waals surface area contributed by atoms with Crippen molar-refractivity contribution in [2.24, 2.45) is 0 Å². The summed E-state index contributed by atoms with van der Waals surface area (Å²) in [7, 11) is 0. The molecule has 0 amide bonds. The zero-order valence-corrected chi connectivity index (χ0v) is 5.61. The number of hydrogen-bond acceptors (Lipinski definition) is 1. The molecule has 4 heteroatoms. The maximum Gasteiger partial charge on any atom is 1.00 e. The molecule has 0 unspecified atom stereocenters. The Hall–Kier alpha value is -0.0326. The quantitative estimate of drug-likeness (QED) is 0.246. The molecule has 0 N–H and O–H groups in total. The second kappa shape index (κ2) is 3.89. The zero-order chi connectivity index (χ0) is 5.98. The van der Waals surface area contributed by atoms with E-state index in [-0.39, 0.29) is 24.0 Å². The summed E-state index contributed by atoms with van der Waals surface area (Å²) in [6.07, 6.45) is 1.19. The fourth-order valence-corrected chi connectivity index (χ4v) is 0.484. The molecule has 0 atom stereocenters. The zero-order valence-electron chi connectivity index (χ0n) is 4.86. The molecule has 0 fully saturated rings. The Morgan fingerprint density at radius 1 is 1.67 bits per heavy atom. The van der Waals surface area contributed by atoms with Crippen molar-refractivity contribution >= 4 is 11.6 Å². The first kappa shape index (κ1) is 8.97. The first-order chi connectivity index (χ1) is 3.79. The average molecular weight is 137 g/mol. The van der Waals surface area contributed by atoms with Gasteiger partial charge in [-0.05, 0) is 5.82 Å². The van der Waals surface area contributed by atoms with Gasteiger partial charge in [-0.3, -0.25) is 4.98 Å². The second-order valence-electron chi connectivity index (χ2n) is 1.22. The van der Waals surface area contributed by atoms with Crippen LogP contribution in [-0.2, 0) is 0 Å². The molecule has 0 saturated heterocycles. The molecule has 1 aromatic heterocycles. The van der Waals surface area contributed by atoms with Crippen molar-refractivity contribution in [1.29, 1.82) is 0 Å². The molecule has 0 aliphatic rings. The van der Waals surface area contributed by atoms with Gasteiger partial charge in [-0.25, -0.2) is 4.39 Å². The molecule has 0 aliphatic carbocycles. The molecule has 1 aromatic rings. The third-order valence-electron chi connectivity index (χ3n) is 0.636. The van der Waals surface area contributed by atoms with Gasteiger partial charge in [0.25, 0.3) is 0 Å². The van der Waals surface area contributed by atoms with E-state index in [1.165, 1.54) is 6.20 Å². The fraction of sp³-hybridized carbons (Fsp3) is 0. The van der Waals surface area contributed by atoms with Crippen LogP contribution in [0.25, 0.3) is 0 Å². The van der Waals surface area contributed by atoms with Crippen molar-refractivity contribution in [2.45, 2.75) is 0 Å². The smallest absolute Gasteiger partial charge is 0.284 e. The molecule has 0 aromatic carbocycles. The Bertz CT molecular complexity index is 177. The summed E-state index contributed by atoms with van der Waals surface area (Å²) in [4.78, 5) is 3.51. The standard InChI is InChI=1S/C5H2ClFN.Li/c6-5-3-4(7)1-2-8-5;/h2-3H;/q-1;+1. The largest absolute Gasteiger partial charge is 1.00 e. The Balaban J connectivity index is 0.000000640. The van der Waals surface area contributed by atoms with Crippen molar-refractivity contribution in [3.8, 4) is 0 Å². The maximum absolute atomic E-state index is 12.0. The molecule has 0 saturated carbocycles. The summed E-state index contributed by atoms with van der Waals surface area (Å²) >= 11 is 5.27. The van der Waals surface area contributed by atoms with Crippen molar-refractivity contribution < 1.29 is 23.3 Å². The monoisotopic (exact) mass is 137 g/mol. The van der Waals surface area contributed by atoms with E-state index in [9.17, 15) is 4.39 Å². The number of halogens is 2. The molecule has 0 spiro atoms. The van der Waals surface area contributed by atoms with Crippen LogP contribution in [0, 0.1) is 11.9 Å². The summed E-state index contributed by atoms with van der Waals surface area (Å²) in [5, 5.41) is 0.154. The van der Waals surface area contributed by atoms with Crippen molar-refractivity contribution in [1.82, 2.24) is 4.98 Å². The molecule has 1 nitrogen and oxygen atoms in total. The van der Waals surface area contributed by atoms with E-state index in [0.29, 0.717) is 0 Å². The van der Waals surface area contributed by atoms with Crippen LogP contribution in [0.4, 0.5) is 4.39 Å². The first-order valence-corrected chi connectivity index (χ1v) is 2.35. The molecule has 0 bridgehead atoms. The molecule has 1 heterocycles. The van der Waals surface area contributed by atoms with Crippen molar-refractivity contribution in [2.75, 3.05) is 0 Å². The van der Waals surface area contributed by atoms with Gasteiger partial charge in [0.2, 0.25) is 0 Å². The minimum Gasteiger partial charge on any atom is -0.284 e. The Labute approximate surface area is 69.4 Å². The number of hydrogen-bond donors (Lipinski definition) is 0. The average Bonchev–Trinajstić information content (AvgIpc) is 1.64. The van der Waals surface area contributed by atoms with Crippen LogP contribution in [0.1, 0.15) is 0 Å². The van der Waals surface area contributed by atoms with E-state index in [1.54, 1.807) is 0 Å². The van der Waals surface area contributed by atoms with Crippen molar-refractivity contribution in [3.63, 3.8) is 0 Å². The molecular formula is C5H2ClFLiN. The van der Waals surface area contributed by atoms with Gasteiger partial charge in [-0.15, -0.1) is 6.07 Å². The van der Waals surface area contributed by atoms with E-state index in [2.05, 4.69) is 11.1 Å². The van der Waals surface area contributed by atoms with Gasteiger partial charge < -0.3 is 0 Å². The maximum atomic E-state index is 12.0. The van der Waals surface area contributed by atoms with Crippen LogP contribution in [0.5, 0.6) is 0 Å². The Morgan fingerprint density at radius 2 is 2.33 bits per heavy atom. The van der Waals surface area contributed by atoms with Crippen LogP contribution in [-0.4, -0.2) is 4.98 Å². The van der Waals surface area contributed by atoms with Crippen LogP contribution in [0.2, 0.25) is 5.15 Å². The van der Waals surface area contributed by atoms with E-state index >= 15 is 0 Å². The van der Waals surface area contributed by atoms with E-state index < -0.39 is 5.82 Å². The summed E-state index contributed by atoms with van der Waals surface area (Å²) in [5.74, 6) is -0.481.